The topological polar surface area (TPSA) is 57.2 Å². The molecule has 0 bridgehead atoms. The molecule has 1 aliphatic carbocycles. The molecular weight excluding hydrogens is 358 g/mol. The Morgan fingerprint density at radius 1 is 0.964 bits per heavy atom. The molecule has 2 aromatic carbocycles. The maximum atomic E-state index is 13.0. The monoisotopic (exact) mass is 381 g/mol. The molecule has 2 aliphatic heterocycles. The number of hydrogen-bond acceptors (Lipinski definition) is 5. The summed E-state index contributed by atoms with van der Waals surface area (Å²) in [5, 5.41) is 0. The van der Waals surface area contributed by atoms with Crippen molar-refractivity contribution in [3.63, 3.8) is 0 Å². The number of likely N-dealkylation sites (tertiary alicyclic amines) is 1. The Morgan fingerprint density at radius 2 is 1.68 bits per heavy atom. The van der Waals surface area contributed by atoms with Gasteiger partial charge in [-0.15, -0.1) is 0 Å². The van der Waals surface area contributed by atoms with Gasteiger partial charge in [0.1, 0.15) is 17.5 Å². The third-order valence-corrected chi connectivity index (χ3v) is 5.86. The van der Waals surface area contributed by atoms with Gasteiger partial charge in [0.25, 0.3) is 5.91 Å². The van der Waals surface area contributed by atoms with Gasteiger partial charge in [0.2, 0.25) is 12.9 Å². The first-order chi connectivity index (χ1) is 13.7. The second-order valence-electron chi connectivity index (χ2n) is 7.46. The molecule has 28 heavy (non-hydrogen) atoms. The van der Waals surface area contributed by atoms with Gasteiger partial charge in [0.05, 0.1) is 7.11 Å². The third kappa shape index (κ3) is 2.84. The maximum absolute atomic E-state index is 13.0. The van der Waals surface area contributed by atoms with Gasteiger partial charge in [-0.05, 0) is 54.8 Å². The molecule has 3 aliphatic rings. The lowest BCUT2D eigenvalue weighted by Crippen LogP contribution is -2.64. The quantitative estimate of drug-likeness (QED) is 0.739. The molecule has 5 rings (SSSR count). The fourth-order valence-electron chi connectivity index (χ4n) is 4.42. The summed E-state index contributed by atoms with van der Waals surface area (Å²) in [6.45, 7) is 0.237. The van der Waals surface area contributed by atoms with E-state index in [-0.39, 0.29) is 18.7 Å². The minimum atomic E-state index is -0.533. The van der Waals surface area contributed by atoms with Crippen LogP contribution in [-0.2, 0) is 4.79 Å². The van der Waals surface area contributed by atoms with Gasteiger partial charge < -0.3 is 23.8 Å². The largest absolute Gasteiger partial charge is 0.497 e. The number of ether oxygens (including phenoxy) is 4. The average Bonchev–Trinajstić information content (AvgIpc) is 3.41. The zero-order chi connectivity index (χ0) is 19.1. The van der Waals surface area contributed by atoms with Crippen molar-refractivity contribution >= 4 is 5.91 Å². The van der Waals surface area contributed by atoms with Gasteiger partial charge in [0.15, 0.2) is 11.5 Å². The molecule has 2 aromatic rings. The van der Waals surface area contributed by atoms with Crippen LogP contribution in [-0.4, -0.2) is 36.9 Å². The molecule has 6 heteroatoms. The number of methoxy groups -OCH3 is 1. The van der Waals surface area contributed by atoms with Gasteiger partial charge in [0, 0.05) is 6.04 Å². The summed E-state index contributed by atoms with van der Waals surface area (Å²) in [4.78, 5) is 15.0. The van der Waals surface area contributed by atoms with Gasteiger partial charge in [-0.2, -0.15) is 0 Å². The van der Waals surface area contributed by atoms with E-state index in [2.05, 4.69) is 0 Å². The zero-order valence-corrected chi connectivity index (χ0v) is 15.8. The molecule has 1 saturated heterocycles. The Bertz CT molecular complexity index is 875. The summed E-state index contributed by atoms with van der Waals surface area (Å²) in [6, 6.07) is 13.4. The van der Waals surface area contributed by atoms with Crippen LogP contribution in [0.3, 0.4) is 0 Å². The number of amides is 1. The Labute approximate surface area is 163 Å². The zero-order valence-electron chi connectivity index (χ0n) is 15.8. The van der Waals surface area contributed by atoms with Crippen molar-refractivity contribution in [2.75, 3.05) is 13.9 Å². The Morgan fingerprint density at radius 3 is 2.43 bits per heavy atom. The van der Waals surface area contributed by atoms with Crippen molar-refractivity contribution in [2.45, 2.75) is 43.9 Å². The lowest BCUT2D eigenvalue weighted by Gasteiger charge is -2.50. The highest BCUT2D eigenvalue weighted by molar-refractivity contribution is 5.89. The van der Waals surface area contributed by atoms with Crippen LogP contribution in [0.5, 0.6) is 23.0 Å². The van der Waals surface area contributed by atoms with Crippen LogP contribution in [0.25, 0.3) is 0 Å². The molecule has 2 unspecified atom stereocenters. The predicted octanol–water partition coefficient (Wildman–Crippen LogP) is 3.70. The van der Waals surface area contributed by atoms with Gasteiger partial charge in [-0.1, -0.05) is 18.9 Å². The van der Waals surface area contributed by atoms with Crippen molar-refractivity contribution in [3.8, 4) is 23.0 Å². The van der Waals surface area contributed by atoms with Crippen molar-refractivity contribution < 1.29 is 23.7 Å². The summed E-state index contributed by atoms with van der Waals surface area (Å²) < 4.78 is 22.3. The highest BCUT2D eigenvalue weighted by Gasteiger charge is 2.53. The molecule has 0 spiro atoms. The van der Waals surface area contributed by atoms with Crippen molar-refractivity contribution in [1.29, 1.82) is 0 Å². The van der Waals surface area contributed by atoms with E-state index < -0.39 is 6.10 Å². The number of benzene rings is 2. The molecule has 1 amide bonds. The molecular formula is C22H23NO5. The summed E-state index contributed by atoms with van der Waals surface area (Å²) in [7, 11) is 1.63. The number of nitrogens with zero attached hydrogens (tertiary/aromatic N) is 1. The third-order valence-electron chi connectivity index (χ3n) is 5.86. The highest BCUT2D eigenvalue weighted by Crippen LogP contribution is 2.45. The van der Waals surface area contributed by atoms with Crippen LogP contribution in [0, 0.1) is 0 Å². The van der Waals surface area contributed by atoms with E-state index in [4.69, 9.17) is 18.9 Å². The molecule has 2 atom stereocenters. The molecule has 6 nitrogen and oxygen atoms in total. The van der Waals surface area contributed by atoms with Crippen molar-refractivity contribution in [2.24, 2.45) is 0 Å². The predicted molar refractivity (Wildman–Crippen MR) is 102 cm³/mol. The van der Waals surface area contributed by atoms with E-state index in [0.717, 1.165) is 35.7 Å². The van der Waals surface area contributed by atoms with Crippen LogP contribution in [0.15, 0.2) is 42.5 Å². The second-order valence-corrected chi connectivity index (χ2v) is 7.46. The fraction of sp³-hybridized carbons (Fsp3) is 0.409. The molecule has 1 saturated carbocycles. The summed E-state index contributed by atoms with van der Waals surface area (Å²) in [5.41, 5.74) is 1.02. The number of fused-ring (bicyclic) bond motifs is 1. The molecule has 2 fully saturated rings. The lowest BCUT2D eigenvalue weighted by atomic mass is 9.87. The molecule has 0 aromatic heterocycles. The van der Waals surface area contributed by atoms with Crippen molar-refractivity contribution in [3.05, 3.63) is 48.0 Å². The number of carbonyl (C=O) groups excluding carboxylic acids is 1. The summed E-state index contributed by atoms with van der Waals surface area (Å²) >= 11 is 0. The standard InChI is InChI=1S/C22H23NO5/c1-25-16-7-9-17(10-8-16)28-21-20(23(22(21)24)15-4-2-3-5-15)14-6-11-18-19(12-14)27-13-26-18/h6-12,15,20-21H,2-5,13H2,1H3. The van der Waals surface area contributed by atoms with Crippen LogP contribution in [0.4, 0.5) is 0 Å². The van der Waals surface area contributed by atoms with Gasteiger partial charge in [-0.25, -0.2) is 0 Å². The Balaban J connectivity index is 1.43. The van der Waals surface area contributed by atoms with E-state index in [1.165, 1.54) is 12.8 Å². The fourth-order valence-corrected chi connectivity index (χ4v) is 4.42. The molecule has 0 N–H and O–H groups in total. The van der Waals surface area contributed by atoms with E-state index in [1.807, 2.05) is 47.4 Å². The van der Waals surface area contributed by atoms with E-state index in [9.17, 15) is 4.79 Å². The lowest BCUT2D eigenvalue weighted by molar-refractivity contribution is -0.169. The van der Waals surface area contributed by atoms with Gasteiger partial charge in [-0.3, -0.25) is 4.79 Å². The number of β-lactam (4-membered cyclic amide) rings is 1. The SMILES string of the molecule is COc1ccc(OC2C(=O)N(C3CCCC3)C2c2ccc3c(c2)OCO3)cc1. The first-order valence-electron chi connectivity index (χ1n) is 9.77. The number of rotatable bonds is 5. The Kier molecular flexibility index (Phi) is 4.26. The maximum Gasteiger partial charge on any atom is 0.267 e. The smallest absolute Gasteiger partial charge is 0.267 e. The Hall–Kier alpha value is -2.89. The molecule has 2 heterocycles. The highest BCUT2D eigenvalue weighted by atomic mass is 16.7. The van der Waals surface area contributed by atoms with E-state index in [1.54, 1.807) is 7.11 Å². The van der Waals surface area contributed by atoms with Crippen LogP contribution >= 0.6 is 0 Å². The minimum absolute atomic E-state index is 0.0605. The summed E-state index contributed by atoms with van der Waals surface area (Å²) in [5.74, 6) is 2.95. The first-order valence-corrected chi connectivity index (χ1v) is 9.77. The van der Waals surface area contributed by atoms with Crippen LogP contribution in [0.1, 0.15) is 37.3 Å². The minimum Gasteiger partial charge on any atom is -0.497 e. The van der Waals surface area contributed by atoms with Gasteiger partial charge >= 0.3 is 0 Å². The second kappa shape index (κ2) is 6.93. The first kappa shape index (κ1) is 17.2. The van der Waals surface area contributed by atoms with Crippen LogP contribution < -0.4 is 18.9 Å². The average molecular weight is 381 g/mol. The van der Waals surface area contributed by atoms with E-state index >= 15 is 0 Å². The number of carbonyl (C=O) groups is 1. The van der Waals surface area contributed by atoms with E-state index in [0.29, 0.717) is 11.8 Å². The molecule has 0 radical (unpaired) electrons. The number of hydrogen-bond donors (Lipinski definition) is 0. The molecule has 146 valence electrons. The van der Waals surface area contributed by atoms with Crippen LogP contribution in [0.2, 0.25) is 0 Å². The normalized spacial score (nSPS) is 23.6. The summed E-state index contributed by atoms with van der Waals surface area (Å²) in [6.07, 6.45) is 3.93. The van der Waals surface area contributed by atoms with Crippen molar-refractivity contribution in [1.82, 2.24) is 4.90 Å².